The third-order valence-electron chi connectivity index (χ3n) is 6.36. The fraction of sp³-hybridized carbons (Fsp3) is 0.524. The molecule has 1 amide bonds. The second kappa shape index (κ2) is 7.47. The highest BCUT2D eigenvalue weighted by Gasteiger charge is 2.35. The van der Waals surface area contributed by atoms with Gasteiger partial charge in [-0.1, -0.05) is 12.1 Å². The highest BCUT2D eigenvalue weighted by atomic mass is 32.3. The van der Waals surface area contributed by atoms with Gasteiger partial charge in [0.15, 0.2) is 5.69 Å². The van der Waals surface area contributed by atoms with Crippen molar-refractivity contribution in [1.29, 1.82) is 0 Å². The number of carbonyl (C=O) groups excluding carboxylic acids is 1. The molecule has 0 bridgehead atoms. The van der Waals surface area contributed by atoms with Gasteiger partial charge in [0.05, 0.1) is 11.7 Å². The maximum atomic E-state index is 13.3. The second-order valence-corrected chi connectivity index (χ2v) is 11.0. The smallest absolute Gasteiger partial charge is 0.275 e. The summed E-state index contributed by atoms with van der Waals surface area (Å²) in [6.45, 7) is 2.45. The molecule has 1 unspecified atom stereocenters. The largest absolute Gasteiger partial charge is 0.489 e. The fourth-order valence-corrected chi connectivity index (χ4v) is 6.69. The third-order valence-corrected chi connectivity index (χ3v) is 8.25. The van der Waals surface area contributed by atoms with Crippen LogP contribution in [0.25, 0.3) is 0 Å². The predicted octanol–water partition coefficient (Wildman–Crippen LogP) is 2.55. The number of carbonyl (C=O) groups is 1. The highest BCUT2D eigenvalue weighted by Crippen LogP contribution is 2.48. The molecule has 8 nitrogen and oxygen atoms in total. The Bertz CT molecular complexity index is 962. The molecule has 162 valence electrons. The van der Waals surface area contributed by atoms with E-state index in [-0.39, 0.29) is 17.9 Å². The number of ether oxygens (including phenoxy) is 1. The summed E-state index contributed by atoms with van der Waals surface area (Å²) >= 11 is 0. The van der Waals surface area contributed by atoms with E-state index >= 15 is 0 Å². The summed E-state index contributed by atoms with van der Waals surface area (Å²) in [5, 5.41) is 4.59. The van der Waals surface area contributed by atoms with Crippen molar-refractivity contribution in [2.45, 2.75) is 25.4 Å². The Hall–Kier alpha value is -2.23. The molecule has 30 heavy (non-hydrogen) atoms. The number of rotatable bonds is 3. The van der Waals surface area contributed by atoms with E-state index in [1.165, 1.54) is 0 Å². The maximum absolute atomic E-state index is 13.3. The molecule has 2 atom stereocenters. The first-order valence-corrected chi connectivity index (χ1v) is 12.3. The van der Waals surface area contributed by atoms with Crippen LogP contribution in [0.2, 0.25) is 0 Å². The summed E-state index contributed by atoms with van der Waals surface area (Å²) in [4.78, 5) is 17.3. The zero-order valence-corrected chi connectivity index (χ0v) is 17.9. The van der Waals surface area contributed by atoms with Crippen molar-refractivity contribution >= 4 is 22.2 Å². The lowest BCUT2D eigenvalue weighted by atomic mass is 10.0. The van der Waals surface area contributed by atoms with E-state index < -0.39 is 10.6 Å². The van der Waals surface area contributed by atoms with E-state index in [2.05, 4.69) is 10.00 Å². The lowest BCUT2D eigenvalue weighted by Gasteiger charge is -2.34. The van der Waals surface area contributed by atoms with E-state index in [4.69, 9.17) is 4.74 Å². The Balaban J connectivity index is 1.30. The molecule has 2 aromatic rings. The molecule has 1 aromatic carbocycles. The van der Waals surface area contributed by atoms with Crippen molar-refractivity contribution in [3.8, 4) is 5.75 Å². The first kappa shape index (κ1) is 19.7. The number of nitrogens with zero attached hydrogens (tertiary/aromatic N) is 4. The Labute approximate surface area is 177 Å². The molecular weight excluding hydrogens is 404 g/mol. The average molecular weight is 433 g/mol. The van der Waals surface area contributed by atoms with Gasteiger partial charge in [-0.15, -0.1) is 0 Å². The molecule has 0 aliphatic carbocycles. The molecule has 1 aromatic heterocycles. The van der Waals surface area contributed by atoms with Gasteiger partial charge in [0.2, 0.25) is 0 Å². The van der Waals surface area contributed by atoms with Crippen molar-refractivity contribution in [2.75, 3.05) is 43.1 Å². The summed E-state index contributed by atoms with van der Waals surface area (Å²) in [5.74, 6) is 1.91. The van der Waals surface area contributed by atoms with Crippen molar-refractivity contribution in [2.24, 2.45) is 5.92 Å². The number of amides is 1. The van der Waals surface area contributed by atoms with Crippen LogP contribution in [0.3, 0.4) is 0 Å². The Morgan fingerprint density at radius 3 is 2.93 bits per heavy atom. The zero-order chi connectivity index (χ0) is 20.9. The van der Waals surface area contributed by atoms with Gasteiger partial charge >= 0.3 is 0 Å². The Morgan fingerprint density at radius 1 is 1.30 bits per heavy atom. The SMILES string of the molecule is CN1C[C@H](N2CCc3cn(CC4CCS(O)(O)C4)nc3C2=O)COc2ccccc21. The summed E-state index contributed by atoms with van der Waals surface area (Å²) in [6, 6.07) is 7.91. The van der Waals surface area contributed by atoms with E-state index in [0.717, 1.165) is 29.8 Å². The van der Waals surface area contributed by atoms with Gasteiger partial charge in [-0.25, -0.2) is 0 Å². The summed E-state index contributed by atoms with van der Waals surface area (Å²) in [5.41, 5.74) is 2.54. The van der Waals surface area contributed by atoms with Crippen LogP contribution in [-0.2, 0) is 13.0 Å². The summed E-state index contributed by atoms with van der Waals surface area (Å²) in [7, 11) is -0.389. The van der Waals surface area contributed by atoms with Crippen LogP contribution < -0.4 is 9.64 Å². The molecule has 3 aliphatic heterocycles. The fourth-order valence-electron chi connectivity index (χ4n) is 4.79. The van der Waals surface area contributed by atoms with E-state index in [1.807, 2.05) is 47.1 Å². The van der Waals surface area contributed by atoms with Gasteiger partial charge in [-0.05, 0) is 30.9 Å². The first-order valence-electron chi connectivity index (χ1n) is 10.4. The quantitative estimate of drug-likeness (QED) is 0.775. The average Bonchev–Trinajstić information content (AvgIpc) is 3.23. The summed E-state index contributed by atoms with van der Waals surface area (Å²) < 4.78 is 27.6. The number of aromatic nitrogens is 2. The van der Waals surface area contributed by atoms with Crippen LogP contribution in [0.5, 0.6) is 5.75 Å². The number of hydrogen-bond donors (Lipinski definition) is 2. The minimum atomic E-state index is -2.42. The standard InChI is InChI=1S/C21H28N4O4S/c1-23-12-17(13-29-19-5-3-2-4-18(19)23)25-8-6-16-11-24(22-20(16)21(25)26)10-15-7-9-30(27,28)14-15/h2-5,11,15,17,27-28H,6-10,12-14H2,1H3/t15?,17-/m0/s1. The van der Waals surface area contributed by atoms with Crippen LogP contribution in [-0.4, -0.2) is 74.0 Å². The lowest BCUT2D eigenvalue weighted by molar-refractivity contribution is 0.0604. The van der Waals surface area contributed by atoms with Crippen LogP contribution in [0.4, 0.5) is 5.69 Å². The minimum Gasteiger partial charge on any atom is -0.489 e. The minimum absolute atomic E-state index is 0.0429. The zero-order valence-electron chi connectivity index (χ0n) is 17.1. The monoisotopic (exact) mass is 432 g/mol. The topological polar surface area (TPSA) is 91.1 Å². The van der Waals surface area contributed by atoms with Gasteiger partial charge in [0.25, 0.3) is 5.91 Å². The second-order valence-electron chi connectivity index (χ2n) is 8.61. The van der Waals surface area contributed by atoms with Gasteiger partial charge in [0, 0.05) is 49.9 Å². The van der Waals surface area contributed by atoms with Crippen LogP contribution >= 0.6 is 10.6 Å². The number of hydrogen-bond acceptors (Lipinski definition) is 6. The molecule has 1 fully saturated rings. The molecule has 0 saturated carbocycles. The van der Waals surface area contributed by atoms with Crippen molar-refractivity contribution in [1.82, 2.24) is 14.7 Å². The van der Waals surface area contributed by atoms with E-state index in [9.17, 15) is 13.9 Å². The van der Waals surface area contributed by atoms with Crippen LogP contribution in [0.1, 0.15) is 22.5 Å². The lowest BCUT2D eigenvalue weighted by Crippen LogP contribution is -2.51. The molecule has 0 radical (unpaired) electrons. The number of fused-ring (bicyclic) bond motifs is 2. The van der Waals surface area contributed by atoms with E-state index in [0.29, 0.717) is 43.4 Å². The Morgan fingerprint density at radius 2 is 2.13 bits per heavy atom. The predicted molar refractivity (Wildman–Crippen MR) is 117 cm³/mol. The maximum Gasteiger partial charge on any atom is 0.275 e. The molecular formula is C21H28N4O4S. The molecule has 2 N–H and O–H groups in total. The van der Waals surface area contributed by atoms with Crippen LogP contribution in [0.15, 0.2) is 30.5 Å². The van der Waals surface area contributed by atoms with Crippen molar-refractivity contribution in [3.63, 3.8) is 0 Å². The van der Waals surface area contributed by atoms with Gasteiger partial charge in [-0.2, -0.15) is 15.7 Å². The van der Waals surface area contributed by atoms with Crippen molar-refractivity contribution in [3.05, 3.63) is 41.7 Å². The normalized spacial score (nSPS) is 26.6. The van der Waals surface area contributed by atoms with E-state index in [1.54, 1.807) is 0 Å². The third kappa shape index (κ3) is 3.66. The number of likely N-dealkylation sites (N-methyl/N-ethyl adjacent to an activating group) is 1. The Kier molecular flexibility index (Phi) is 4.91. The summed E-state index contributed by atoms with van der Waals surface area (Å²) in [6.07, 6.45) is 3.52. The number of para-hydroxylation sites is 2. The van der Waals surface area contributed by atoms with Crippen molar-refractivity contribution < 1.29 is 18.6 Å². The highest BCUT2D eigenvalue weighted by molar-refractivity contribution is 8.24. The van der Waals surface area contributed by atoms with Gasteiger partial charge in [-0.3, -0.25) is 18.6 Å². The molecule has 3 aliphatic rings. The molecule has 1 saturated heterocycles. The molecule has 4 heterocycles. The van der Waals surface area contributed by atoms with Gasteiger partial charge in [0.1, 0.15) is 12.4 Å². The van der Waals surface area contributed by atoms with Gasteiger partial charge < -0.3 is 14.5 Å². The number of benzene rings is 1. The molecule has 0 spiro atoms. The first-order chi connectivity index (χ1) is 14.4. The molecule has 9 heteroatoms. The molecule has 5 rings (SSSR count). The van der Waals surface area contributed by atoms with Crippen LogP contribution in [0, 0.1) is 5.92 Å². The number of anilines is 1.